The van der Waals surface area contributed by atoms with E-state index in [0.717, 1.165) is 22.4 Å². The highest BCUT2D eigenvalue weighted by Gasteiger charge is 2.17. The summed E-state index contributed by atoms with van der Waals surface area (Å²) in [5, 5.41) is 0. The molecule has 3 heteroatoms. The van der Waals surface area contributed by atoms with E-state index in [1.807, 2.05) is 73.7 Å². The minimum atomic E-state index is -0.330. The lowest BCUT2D eigenvalue weighted by Crippen LogP contribution is -2.23. The molecule has 1 heterocycles. The second-order valence-electron chi connectivity index (χ2n) is 6.44. The Morgan fingerprint density at radius 1 is 0.741 bits per heavy atom. The molecule has 0 spiro atoms. The van der Waals surface area contributed by atoms with Crippen molar-refractivity contribution < 1.29 is 4.39 Å². The van der Waals surface area contributed by atoms with Gasteiger partial charge < -0.3 is 0 Å². The number of hydrogen-bond acceptors (Lipinski definition) is 1. The quantitative estimate of drug-likeness (QED) is 0.467. The number of nitrogens with zero attached hydrogens (tertiary/aromatic N) is 1. The molecule has 2 nitrogen and oxygen atoms in total. The Kier molecular flexibility index (Phi) is 4.43. The largest absolute Gasteiger partial charge is 0.276 e. The Bertz CT molecular complexity index is 1130. The van der Waals surface area contributed by atoms with Crippen LogP contribution < -0.4 is 5.56 Å². The zero-order valence-electron chi connectivity index (χ0n) is 14.9. The standard InChI is InChI=1S/C24H18FNO/c1-17-16-22(18-8-4-2-5-9-18)23(19-10-6-3-7-11-19)26(24(17)27)21-14-12-20(25)13-15-21/h2-16H,1H3. The molecule has 0 saturated carbocycles. The molecule has 4 rings (SSSR count). The maximum absolute atomic E-state index is 13.5. The molecule has 0 saturated heterocycles. The molecule has 0 bridgehead atoms. The SMILES string of the molecule is Cc1cc(-c2ccccc2)c(-c2ccccc2)n(-c2ccc(F)cc2)c1=O. The number of hydrogen-bond donors (Lipinski definition) is 0. The van der Waals surface area contributed by atoms with Gasteiger partial charge in [0.1, 0.15) is 5.82 Å². The van der Waals surface area contributed by atoms with Crippen molar-refractivity contribution in [3.05, 3.63) is 113 Å². The summed E-state index contributed by atoms with van der Waals surface area (Å²) in [5.74, 6) is -0.330. The first-order valence-corrected chi connectivity index (χ1v) is 8.78. The van der Waals surface area contributed by atoms with E-state index in [4.69, 9.17) is 0 Å². The summed E-state index contributed by atoms with van der Waals surface area (Å²) in [7, 11) is 0. The number of benzene rings is 3. The van der Waals surface area contributed by atoms with Crippen LogP contribution in [-0.4, -0.2) is 4.57 Å². The molecule has 0 fully saturated rings. The third-order valence-electron chi connectivity index (χ3n) is 4.60. The summed E-state index contributed by atoms with van der Waals surface area (Å²) in [6, 6.07) is 27.7. The normalized spacial score (nSPS) is 10.7. The average molecular weight is 355 g/mol. The Hall–Kier alpha value is -3.46. The number of halogens is 1. The summed E-state index contributed by atoms with van der Waals surface area (Å²) in [4.78, 5) is 13.1. The van der Waals surface area contributed by atoms with E-state index >= 15 is 0 Å². The third kappa shape index (κ3) is 3.20. The molecule has 0 aliphatic rings. The van der Waals surface area contributed by atoms with Crippen molar-refractivity contribution in [2.45, 2.75) is 6.92 Å². The second-order valence-corrected chi connectivity index (χ2v) is 6.44. The van der Waals surface area contributed by atoms with Gasteiger partial charge in [0.05, 0.1) is 5.69 Å². The van der Waals surface area contributed by atoms with E-state index in [2.05, 4.69) is 0 Å². The Labute approximate surface area is 157 Å². The van der Waals surface area contributed by atoms with Gasteiger partial charge >= 0.3 is 0 Å². The van der Waals surface area contributed by atoms with Crippen molar-refractivity contribution in [3.8, 4) is 28.1 Å². The van der Waals surface area contributed by atoms with E-state index in [9.17, 15) is 9.18 Å². The Morgan fingerprint density at radius 2 is 1.30 bits per heavy atom. The maximum atomic E-state index is 13.5. The molecule has 0 aliphatic heterocycles. The summed E-state index contributed by atoms with van der Waals surface area (Å²) in [6.45, 7) is 1.81. The molecular formula is C24H18FNO. The molecule has 0 atom stereocenters. The van der Waals surface area contributed by atoms with Crippen LogP contribution in [0.25, 0.3) is 28.1 Å². The summed E-state index contributed by atoms with van der Waals surface area (Å²) < 4.78 is 15.1. The molecule has 27 heavy (non-hydrogen) atoms. The topological polar surface area (TPSA) is 22.0 Å². The highest BCUT2D eigenvalue weighted by Crippen LogP contribution is 2.33. The molecule has 0 amide bonds. The molecule has 1 aromatic heterocycles. The molecule has 0 unspecified atom stereocenters. The molecular weight excluding hydrogens is 337 g/mol. The van der Waals surface area contributed by atoms with Crippen LogP contribution in [0.3, 0.4) is 0 Å². The zero-order chi connectivity index (χ0) is 18.8. The van der Waals surface area contributed by atoms with Crippen LogP contribution in [0, 0.1) is 12.7 Å². The highest BCUT2D eigenvalue weighted by atomic mass is 19.1. The van der Waals surface area contributed by atoms with Crippen LogP contribution in [0.2, 0.25) is 0 Å². The molecule has 0 radical (unpaired) electrons. The van der Waals surface area contributed by atoms with Gasteiger partial charge in [0.15, 0.2) is 0 Å². The lowest BCUT2D eigenvalue weighted by Gasteiger charge is -2.19. The van der Waals surface area contributed by atoms with Gasteiger partial charge in [0, 0.05) is 16.8 Å². The van der Waals surface area contributed by atoms with Crippen molar-refractivity contribution >= 4 is 0 Å². The van der Waals surface area contributed by atoms with E-state index in [1.54, 1.807) is 16.7 Å². The fraction of sp³-hybridized carbons (Fsp3) is 0.0417. The number of aromatic nitrogens is 1. The minimum Gasteiger partial charge on any atom is -0.276 e. The molecule has 3 aromatic carbocycles. The highest BCUT2D eigenvalue weighted by molar-refractivity contribution is 5.82. The van der Waals surface area contributed by atoms with Gasteiger partial charge in [-0.15, -0.1) is 0 Å². The van der Waals surface area contributed by atoms with Gasteiger partial charge in [-0.25, -0.2) is 4.39 Å². The van der Waals surface area contributed by atoms with Gasteiger partial charge in [0.25, 0.3) is 5.56 Å². The fourth-order valence-corrected chi connectivity index (χ4v) is 3.30. The van der Waals surface area contributed by atoms with E-state index < -0.39 is 0 Å². The van der Waals surface area contributed by atoms with E-state index in [0.29, 0.717) is 11.3 Å². The Balaban J connectivity index is 2.12. The Morgan fingerprint density at radius 3 is 1.89 bits per heavy atom. The fourth-order valence-electron chi connectivity index (χ4n) is 3.30. The van der Waals surface area contributed by atoms with Crippen LogP contribution in [0.1, 0.15) is 5.56 Å². The van der Waals surface area contributed by atoms with Crippen molar-refractivity contribution in [3.63, 3.8) is 0 Å². The van der Waals surface area contributed by atoms with E-state index in [-0.39, 0.29) is 11.4 Å². The first-order valence-electron chi connectivity index (χ1n) is 8.78. The van der Waals surface area contributed by atoms with Crippen molar-refractivity contribution in [1.29, 1.82) is 0 Å². The monoisotopic (exact) mass is 355 g/mol. The number of pyridine rings is 1. The van der Waals surface area contributed by atoms with Gasteiger partial charge in [-0.05, 0) is 48.4 Å². The predicted octanol–water partition coefficient (Wildman–Crippen LogP) is 5.62. The second kappa shape index (κ2) is 7.04. The van der Waals surface area contributed by atoms with Crippen molar-refractivity contribution in [2.75, 3.05) is 0 Å². The van der Waals surface area contributed by atoms with Gasteiger partial charge in [-0.1, -0.05) is 60.7 Å². The van der Waals surface area contributed by atoms with Crippen LogP contribution >= 0.6 is 0 Å². The number of rotatable bonds is 3. The lowest BCUT2D eigenvalue weighted by atomic mass is 9.97. The number of aryl methyl sites for hydroxylation is 1. The van der Waals surface area contributed by atoms with Gasteiger partial charge in [-0.2, -0.15) is 0 Å². The first kappa shape index (κ1) is 17.0. The molecule has 0 N–H and O–H groups in total. The summed E-state index contributed by atoms with van der Waals surface area (Å²) in [6.07, 6.45) is 0. The van der Waals surface area contributed by atoms with Crippen molar-refractivity contribution in [1.82, 2.24) is 4.57 Å². The van der Waals surface area contributed by atoms with Gasteiger partial charge in [0.2, 0.25) is 0 Å². The van der Waals surface area contributed by atoms with E-state index in [1.165, 1.54) is 12.1 Å². The zero-order valence-corrected chi connectivity index (χ0v) is 14.9. The summed E-state index contributed by atoms with van der Waals surface area (Å²) >= 11 is 0. The molecule has 4 aromatic rings. The van der Waals surface area contributed by atoms with Gasteiger partial charge in [-0.3, -0.25) is 9.36 Å². The maximum Gasteiger partial charge on any atom is 0.258 e. The van der Waals surface area contributed by atoms with Crippen molar-refractivity contribution in [2.24, 2.45) is 0 Å². The molecule has 0 aliphatic carbocycles. The first-order chi connectivity index (χ1) is 13.1. The van der Waals surface area contributed by atoms with Crippen LogP contribution in [0.15, 0.2) is 95.8 Å². The van der Waals surface area contributed by atoms with Crippen LogP contribution in [0.4, 0.5) is 4.39 Å². The molecule has 132 valence electrons. The predicted molar refractivity (Wildman–Crippen MR) is 108 cm³/mol. The smallest absolute Gasteiger partial charge is 0.258 e. The van der Waals surface area contributed by atoms with Crippen LogP contribution in [0.5, 0.6) is 0 Å². The average Bonchev–Trinajstić information content (AvgIpc) is 2.72. The summed E-state index contributed by atoms with van der Waals surface area (Å²) in [5.41, 5.74) is 4.87. The lowest BCUT2D eigenvalue weighted by molar-refractivity contribution is 0.627. The van der Waals surface area contributed by atoms with Crippen LogP contribution in [-0.2, 0) is 0 Å². The third-order valence-corrected chi connectivity index (χ3v) is 4.60. The minimum absolute atomic E-state index is 0.111.